The Morgan fingerprint density at radius 2 is 2.24 bits per heavy atom. The van der Waals surface area contributed by atoms with Crippen LogP contribution < -0.4 is 5.43 Å². The quantitative estimate of drug-likeness (QED) is 0.872. The van der Waals surface area contributed by atoms with E-state index in [1.807, 2.05) is 18.2 Å². The predicted octanol–water partition coefficient (Wildman–Crippen LogP) is 2.86. The monoisotopic (exact) mass is 251 g/mol. The van der Waals surface area contributed by atoms with Crippen LogP contribution in [0.5, 0.6) is 0 Å². The third-order valence-electron chi connectivity index (χ3n) is 2.92. The molecule has 0 saturated heterocycles. The molecule has 0 atom stereocenters. The van der Waals surface area contributed by atoms with E-state index >= 15 is 0 Å². The second-order valence-corrected chi connectivity index (χ2v) is 4.64. The fourth-order valence-corrected chi connectivity index (χ4v) is 2.10. The van der Waals surface area contributed by atoms with E-state index in [4.69, 9.17) is 11.6 Å². The maximum Gasteiger partial charge on any atom is 0.130 e. The molecule has 1 N–H and O–H groups in total. The van der Waals surface area contributed by atoms with Gasteiger partial charge >= 0.3 is 0 Å². The molecule has 4 heteroatoms. The number of nitrogens with zero attached hydrogens (tertiary/aromatic N) is 2. The third-order valence-corrected chi connectivity index (χ3v) is 3.29. The van der Waals surface area contributed by atoms with E-state index in [0.29, 0.717) is 0 Å². The molecule has 3 nitrogen and oxygen atoms in total. The van der Waals surface area contributed by atoms with Crippen LogP contribution in [0.25, 0.3) is 0 Å². The summed E-state index contributed by atoms with van der Waals surface area (Å²) in [6.45, 7) is 4.08. The maximum absolute atomic E-state index is 6.16. The number of amidine groups is 1. The summed E-state index contributed by atoms with van der Waals surface area (Å²) in [6, 6.07) is 7.95. The van der Waals surface area contributed by atoms with E-state index in [0.717, 1.165) is 36.1 Å². The molecule has 1 aliphatic rings. The van der Waals surface area contributed by atoms with Crippen molar-refractivity contribution in [3.05, 3.63) is 34.9 Å². The smallest absolute Gasteiger partial charge is 0.130 e. The van der Waals surface area contributed by atoms with E-state index < -0.39 is 0 Å². The summed E-state index contributed by atoms with van der Waals surface area (Å²) in [6.07, 6.45) is 3.20. The van der Waals surface area contributed by atoms with Gasteiger partial charge in [-0.1, -0.05) is 43.1 Å². The van der Waals surface area contributed by atoms with Gasteiger partial charge in [0.05, 0.1) is 0 Å². The topological polar surface area (TPSA) is 27.6 Å². The Morgan fingerprint density at radius 3 is 3.00 bits per heavy atom. The van der Waals surface area contributed by atoms with E-state index in [2.05, 4.69) is 28.4 Å². The molecule has 0 saturated carbocycles. The molecule has 0 amide bonds. The Bertz CT molecular complexity index is 403. The Kier molecular flexibility index (Phi) is 4.26. The number of nitrogens with one attached hydrogen (secondary N) is 1. The van der Waals surface area contributed by atoms with Gasteiger partial charge in [-0.25, -0.2) is 0 Å². The van der Waals surface area contributed by atoms with Crippen molar-refractivity contribution < 1.29 is 0 Å². The van der Waals surface area contributed by atoms with E-state index in [-0.39, 0.29) is 0 Å². The first-order valence-electron chi connectivity index (χ1n) is 6.09. The van der Waals surface area contributed by atoms with E-state index in [9.17, 15) is 0 Å². The molecule has 1 aromatic rings. The van der Waals surface area contributed by atoms with Crippen molar-refractivity contribution >= 4 is 17.4 Å². The highest BCUT2D eigenvalue weighted by atomic mass is 35.5. The number of hydrazone groups is 1. The number of unbranched alkanes of at least 4 members (excludes halogenated alkanes) is 1. The number of benzene rings is 1. The summed E-state index contributed by atoms with van der Waals surface area (Å²) < 4.78 is 0. The van der Waals surface area contributed by atoms with Crippen molar-refractivity contribution in [2.75, 3.05) is 13.2 Å². The summed E-state index contributed by atoms with van der Waals surface area (Å²) in [5.74, 6) is 1.09. The first-order chi connectivity index (χ1) is 8.31. The highest BCUT2D eigenvalue weighted by Crippen LogP contribution is 2.17. The molecule has 0 spiro atoms. The number of hydrogen-bond acceptors (Lipinski definition) is 3. The van der Waals surface area contributed by atoms with Crippen molar-refractivity contribution in [2.45, 2.75) is 26.2 Å². The fraction of sp³-hybridized carbons (Fsp3) is 0.462. The molecule has 92 valence electrons. The van der Waals surface area contributed by atoms with Crippen molar-refractivity contribution in [1.29, 1.82) is 0 Å². The summed E-state index contributed by atoms with van der Waals surface area (Å²) in [4.78, 5) is 2.28. The minimum Gasteiger partial charge on any atom is -0.339 e. The van der Waals surface area contributed by atoms with Gasteiger partial charge in [-0.15, -0.1) is 0 Å². The SMILES string of the molecule is CCCCN1CNN=C1Cc1ccccc1Cl. The molecule has 1 aliphatic heterocycles. The van der Waals surface area contributed by atoms with Crippen LogP contribution in [0.1, 0.15) is 25.3 Å². The van der Waals surface area contributed by atoms with Crippen molar-refractivity contribution in [3.63, 3.8) is 0 Å². The van der Waals surface area contributed by atoms with Gasteiger partial charge in [-0.05, 0) is 18.1 Å². The summed E-state index contributed by atoms with van der Waals surface area (Å²) in [5.41, 5.74) is 4.18. The Hall–Kier alpha value is -1.22. The average Bonchev–Trinajstić information content (AvgIpc) is 2.77. The zero-order valence-electron chi connectivity index (χ0n) is 10.1. The van der Waals surface area contributed by atoms with Gasteiger partial charge in [0.1, 0.15) is 12.5 Å². The molecular formula is C13H18ClN3. The van der Waals surface area contributed by atoms with Gasteiger partial charge < -0.3 is 4.90 Å². The lowest BCUT2D eigenvalue weighted by molar-refractivity contribution is 0.410. The lowest BCUT2D eigenvalue weighted by atomic mass is 10.1. The first kappa shape index (κ1) is 12.2. The van der Waals surface area contributed by atoms with Gasteiger partial charge in [-0.3, -0.25) is 5.43 Å². The second kappa shape index (κ2) is 5.92. The van der Waals surface area contributed by atoms with E-state index in [1.54, 1.807) is 0 Å². The Balaban J connectivity index is 2.01. The molecule has 0 aromatic heterocycles. The lowest BCUT2D eigenvalue weighted by Gasteiger charge is -2.18. The first-order valence-corrected chi connectivity index (χ1v) is 6.47. The molecule has 1 heterocycles. The molecule has 2 rings (SSSR count). The summed E-state index contributed by atoms with van der Waals surface area (Å²) in [7, 11) is 0. The van der Waals surface area contributed by atoms with Crippen molar-refractivity contribution in [2.24, 2.45) is 5.10 Å². The van der Waals surface area contributed by atoms with Gasteiger partial charge in [0, 0.05) is 18.0 Å². The number of hydrogen-bond donors (Lipinski definition) is 1. The number of rotatable bonds is 5. The summed E-state index contributed by atoms with van der Waals surface area (Å²) in [5, 5.41) is 5.16. The van der Waals surface area contributed by atoms with Crippen LogP contribution in [0.3, 0.4) is 0 Å². The predicted molar refractivity (Wildman–Crippen MR) is 72.2 cm³/mol. The van der Waals surface area contributed by atoms with Crippen LogP contribution in [0.15, 0.2) is 29.4 Å². The molecule has 0 radical (unpaired) electrons. The standard InChI is InChI=1S/C13H18ClN3/c1-2-3-8-17-10-15-16-13(17)9-11-6-4-5-7-12(11)14/h4-7,15H,2-3,8-10H2,1H3. The lowest BCUT2D eigenvalue weighted by Crippen LogP contribution is -2.31. The van der Waals surface area contributed by atoms with Crippen molar-refractivity contribution in [1.82, 2.24) is 10.3 Å². The minimum absolute atomic E-state index is 0.802. The van der Waals surface area contributed by atoms with E-state index in [1.165, 1.54) is 12.8 Å². The van der Waals surface area contributed by atoms with Gasteiger partial charge in [-0.2, -0.15) is 5.10 Å². The molecule has 0 unspecified atom stereocenters. The highest BCUT2D eigenvalue weighted by molar-refractivity contribution is 6.31. The van der Waals surface area contributed by atoms with Gasteiger partial charge in [0.25, 0.3) is 0 Å². The third kappa shape index (κ3) is 3.13. The van der Waals surface area contributed by atoms with Gasteiger partial charge in [0.15, 0.2) is 0 Å². The minimum atomic E-state index is 0.802. The highest BCUT2D eigenvalue weighted by Gasteiger charge is 2.17. The van der Waals surface area contributed by atoms with Crippen LogP contribution in [0, 0.1) is 0 Å². The molecule has 0 aliphatic carbocycles. The maximum atomic E-state index is 6.16. The summed E-state index contributed by atoms with van der Waals surface area (Å²) >= 11 is 6.16. The molecule has 0 fully saturated rings. The normalized spacial score (nSPS) is 14.7. The van der Waals surface area contributed by atoms with Gasteiger partial charge in [0.2, 0.25) is 0 Å². The van der Waals surface area contributed by atoms with Crippen LogP contribution in [-0.4, -0.2) is 23.9 Å². The van der Waals surface area contributed by atoms with Crippen LogP contribution in [-0.2, 0) is 6.42 Å². The zero-order valence-corrected chi connectivity index (χ0v) is 10.9. The molecule has 17 heavy (non-hydrogen) atoms. The molecule has 1 aromatic carbocycles. The second-order valence-electron chi connectivity index (χ2n) is 4.23. The average molecular weight is 252 g/mol. The molecule has 0 bridgehead atoms. The van der Waals surface area contributed by atoms with Crippen LogP contribution >= 0.6 is 11.6 Å². The Morgan fingerprint density at radius 1 is 1.41 bits per heavy atom. The largest absolute Gasteiger partial charge is 0.339 e. The number of halogens is 1. The Labute approximate surface area is 107 Å². The van der Waals surface area contributed by atoms with Crippen molar-refractivity contribution in [3.8, 4) is 0 Å². The molecular weight excluding hydrogens is 234 g/mol. The van der Waals surface area contributed by atoms with Crippen LogP contribution in [0.4, 0.5) is 0 Å². The fourth-order valence-electron chi connectivity index (χ4n) is 1.89. The van der Waals surface area contributed by atoms with Crippen LogP contribution in [0.2, 0.25) is 5.02 Å². The zero-order chi connectivity index (χ0) is 12.1.